The van der Waals surface area contributed by atoms with E-state index >= 15 is 0 Å². The summed E-state index contributed by atoms with van der Waals surface area (Å²) in [6.07, 6.45) is 0. The van der Waals surface area contributed by atoms with Gasteiger partial charge >= 0.3 is 0 Å². The molecule has 1 saturated heterocycles. The summed E-state index contributed by atoms with van der Waals surface area (Å²) in [5.74, 6) is -0.432. The fourth-order valence-corrected chi connectivity index (χ4v) is 2.21. The van der Waals surface area contributed by atoms with Crippen LogP contribution in [-0.2, 0) is 9.53 Å². The maximum Gasteiger partial charge on any atom is 0.254 e. The van der Waals surface area contributed by atoms with Gasteiger partial charge in [-0.3, -0.25) is 9.59 Å². The zero-order valence-electron chi connectivity index (χ0n) is 11.8. The van der Waals surface area contributed by atoms with E-state index in [4.69, 9.17) is 10.00 Å². The second kappa shape index (κ2) is 6.86. The average molecular weight is 287 g/mol. The first-order valence-electron chi connectivity index (χ1n) is 6.84. The van der Waals surface area contributed by atoms with Gasteiger partial charge in [-0.25, -0.2) is 0 Å². The Morgan fingerprint density at radius 1 is 1.43 bits per heavy atom. The lowest BCUT2D eigenvalue weighted by atomic mass is 10.1. The van der Waals surface area contributed by atoms with Crippen LogP contribution >= 0.6 is 0 Å². The molecule has 2 amide bonds. The number of rotatable bonds is 3. The van der Waals surface area contributed by atoms with Gasteiger partial charge in [0.2, 0.25) is 5.91 Å². The minimum absolute atomic E-state index is 0.202. The van der Waals surface area contributed by atoms with E-state index in [9.17, 15) is 9.59 Å². The van der Waals surface area contributed by atoms with Gasteiger partial charge in [-0.2, -0.15) is 5.26 Å². The van der Waals surface area contributed by atoms with Crippen molar-refractivity contribution in [1.29, 1.82) is 5.26 Å². The molecule has 0 spiro atoms. The Morgan fingerprint density at radius 2 is 2.14 bits per heavy atom. The van der Waals surface area contributed by atoms with Crippen LogP contribution in [0, 0.1) is 11.3 Å². The molecule has 6 heteroatoms. The highest BCUT2D eigenvalue weighted by molar-refractivity contribution is 5.97. The molecule has 1 atom stereocenters. The van der Waals surface area contributed by atoms with E-state index in [0.717, 1.165) is 0 Å². The number of hydrogen-bond donors (Lipinski definition) is 1. The summed E-state index contributed by atoms with van der Waals surface area (Å²) >= 11 is 0. The SMILES string of the molecule is CCNC(=O)C1COCCN1C(=O)c1ccc(C#N)cc1. The van der Waals surface area contributed by atoms with E-state index in [-0.39, 0.29) is 18.4 Å². The quantitative estimate of drug-likeness (QED) is 0.879. The van der Waals surface area contributed by atoms with Gasteiger partial charge in [-0.05, 0) is 31.2 Å². The number of amides is 2. The fourth-order valence-electron chi connectivity index (χ4n) is 2.21. The lowest BCUT2D eigenvalue weighted by Crippen LogP contribution is -2.55. The van der Waals surface area contributed by atoms with Crippen LogP contribution in [0.25, 0.3) is 0 Å². The van der Waals surface area contributed by atoms with Gasteiger partial charge < -0.3 is 15.0 Å². The Hall–Kier alpha value is -2.39. The molecule has 1 unspecified atom stereocenters. The topological polar surface area (TPSA) is 82.4 Å². The third kappa shape index (κ3) is 3.38. The maximum atomic E-state index is 12.5. The van der Waals surface area contributed by atoms with Crippen molar-refractivity contribution >= 4 is 11.8 Å². The van der Waals surface area contributed by atoms with Crippen LogP contribution < -0.4 is 5.32 Å². The number of nitriles is 1. The van der Waals surface area contributed by atoms with Crippen molar-refractivity contribution in [3.05, 3.63) is 35.4 Å². The molecule has 1 aliphatic heterocycles. The first-order chi connectivity index (χ1) is 10.2. The number of carbonyl (C=O) groups is 2. The van der Waals surface area contributed by atoms with Crippen LogP contribution in [0.3, 0.4) is 0 Å². The van der Waals surface area contributed by atoms with Crippen molar-refractivity contribution in [3.63, 3.8) is 0 Å². The molecule has 6 nitrogen and oxygen atoms in total. The number of hydrogen-bond acceptors (Lipinski definition) is 4. The molecule has 2 rings (SSSR count). The third-order valence-corrected chi connectivity index (χ3v) is 3.30. The van der Waals surface area contributed by atoms with E-state index < -0.39 is 6.04 Å². The van der Waals surface area contributed by atoms with Crippen LogP contribution in [0.1, 0.15) is 22.8 Å². The van der Waals surface area contributed by atoms with Crippen molar-refractivity contribution < 1.29 is 14.3 Å². The molecule has 1 N–H and O–H groups in total. The zero-order valence-corrected chi connectivity index (χ0v) is 11.8. The number of likely N-dealkylation sites (N-methyl/N-ethyl adjacent to an activating group) is 1. The molecular weight excluding hydrogens is 270 g/mol. The number of benzene rings is 1. The molecule has 0 aromatic heterocycles. The molecule has 0 saturated carbocycles. The highest BCUT2D eigenvalue weighted by atomic mass is 16.5. The van der Waals surface area contributed by atoms with Crippen LogP contribution in [0.4, 0.5) is 0 Å². The van der Waals surface area contributed by atoms with Crippen molar-refractivity contribution in [1.82, 2.24) is 10.2 Å². The molecule has 0 bridgehead atoms. The van der Waals surface area contributed by atoms with Gasteiger partial charge in [-0.15, -0.1) is 0 Å². The van der Waals surface area contributed by atoms with Gasteiger partial charge in [0, 0.05) is 18.7 Å². The Kier molecular flexibility index (Phi) is 4.90. The van der Waals surface area contributed by atoms with Gasteiger partial charge in [-0.1, -0.05) is 0 Å². The standard InChI is InChI=1S/C15H17N3O3/c1-2-17-14(19)13-10-21-8-7-18(13)15(20)12-5-3-11(9-16)4-6-12/h3-6,13H,2,7-8,10H2,1H3,(H,17,19). The van der Waals surface area contributed by atoms with Crippen molar-refractivity contribution in [2.45, 2.75) is 13.0 Å². The Labute approximate surface area is 123 Å². The molecule has 1 fully saturated rings. The Bertz CT molecular complexity index is 563. The normalized spacial score (nSPS) is 17.9. The van der Waals surface area contributed by atoms with Crippen molar-refractivity contribution in [2.75, 3.05) is 26.3 Å². The second-order valence-electron chi connectivity index (χ2n) is 4.67. The Morgan fingerprint density at radius 3 is 2.76 bits per heavy atom. The molecule has 1 aliphatic rings. The summed E-state index contributed by atoms with van der Waals surface area (Å²) in [5, 5.41) is 11.5. The van der Waals surface area contributed by atoms with Gasteiger partial charge in [0.25, 0.3) is 5.91 Å². The predicted molar refractivity (Wildman–Crippen MR) is 75.5 cm³/mol. The first kappa shape index (κ1) is 15.0. The van der Waals surface area contributed by atoms with Crippen molar-refractivity contribution in [2.24, 2.45) is 0 Å². The third-order valence-electron chi connectivity index (χ3n) is 3.30. The largest absolute Gasteiger partial charge is 0.377 e. The zero-order chi connectivity index (χ0) is 15.2. The monoisotopic (exact) mass is 287 g/mol. The van der Waals surface area contributed by atoms with Crippen LogP contribution in [-0.4, -0.2) is 49.1 Å². The van der Waals surface area contributed by atoms with Gasteiger partial charge in [0.1, 0.15) is 6.04 Å². The smallest absolute Gasteiger partial charge is 0.254 e. The van der Waals surface area contributed by atoms with E-state index in [1.807, 2.05) is 13.0 Å². The second-order valence-corrected chi connectivity index (χ2v) is 4.67. The summed E-state index contributed by atoms with van der Waals surface area (Å²) in [6.45, 7) is 3.33. The lowest BCUT2D eigenvalue weighted by molar-refractivity contribution is -0.130. The molecular formula is C15H17N3O3. The minimum atomic E-state index is -0.609. The van der Waals surface area contributed by atoms with E-state index in [1.165, 1.54) is 4.90 Å². The predicted octanol–water partition coefficient (Wildman–Crippen LogP) is 0.535. The van der Waals surface area contributed by atoms with Gasteiger partial charge in [0.05, 0.1) is 24.8 Å². The van der Waals surface area contributed by atoms with E-state index in [1.54, 1.807) is 24.3 Å². The van der Waals surface area contributed by atoms with Crippen LogP contribution in [0.15, 0.2) is 24.3 Å². The summed E-state index contributed by atoms with van der Waals surface area (Å²) < 4.78 is 5.30. The first-order valence-corrected chi connectivity index (χ1v) is 6.84. The molecule has 110 valence electrons. The number of ether oxygens (including phenoxy) is 1. The molecule has 0 aliphatic carbocycles. The Balaban J connectivity index is 2.18. The number of morpholine rings is 1. The summed E-state index contributed by atoms with van der Waals surface area (Å²) in [7, 11) is 0. The molecule has 21 heavy (non-hydrogen) atoms. The summed E-state index contributed by atoms with van der Waals surface area (Å²) in [6, 6.07) is 7.79. The number of carbonyl (C=O) groups excluding carboxylic acids is 2. The molecule has 1 aromatic carbocycles. The minimum Gasteiger partial charge on any atom is -0.377 e. The lowest BCUT2D eigenvalue weighted by Gasteiger charge is -2.34. The molecule has 1 aromatic rings. The summed E-state index contributed by atoms with van der Waals surface area (Å²) in [5.41, 5.74) is 0.957. The molecule has 0 radical (unpaired) electrons. The van der Waals surface area contributed by atoms with E-state index in [2.05, 4.69) is 5.32 Å². The molecule has 1 heterocycles. The highest BCUT2D eigenvalue weighted by Crippen LogP contribution is 2.13. The summed E-state index contributed by atoms with van der Waals surface area (Å²) in [4.78, 5) is 26.1. The van der Waals surface area contributed by atoms with Crippen LogP contribution in [0.5, 0.6) is 0 Å². The van der Waals surface area contributed by atoms with Crippen molar-refractivity contribution in [3.8, 4) is 6.07 Å². The van der Waals surface area contributed by atoms with E-state index in [0.29, 0.717) is 30.8 Å². The number of nitrogens with one attached hydrogen (secondary N) is 1. The maximum absolute atomic E-state index is 12.5. The van der Waals surface area contributed by atoms with Crippen LogP contribution in [0.2, 0.25) is 0 Å². The fraction of sp³-hybridized carbons (Fsp3) is 0.400. The average Bonchev–Trinajstić information content (AvgIpc) is 2.54. The highest BCUT2D eigenvalue weighted by Gasteiger charge is 2.32. The number of nitrogens with zero attached hydrogens (tertiary/aromatic N) is 2. The van der Waals surface area contributed by atoms with Gasteiger partial charge in [0.15, 0.2) is 0 Å².